The Morgan fingerprint density at radius 2 is 2.00 bits per heavy atom. The Morgan fingerprint density at radius 3 is 2.63 bits per heavy atom. The van der Waals surface area contributed by atoms with Gasteiger partial charge in [0.05, 0.1) is 19.8 Å². The molecule has 0 radical (unpaired) electrons. The average Bonchev–Trinajstić information content (AvgIpc) is 2.91. The van der Waals surface area contributed by atoms with Gasteiger partial charge in [0.2, 0.25) is 0 Å². The van der Waals surface area contributed by atoms with E-state index < -0.39 is 5.60 Å². The van der Waals surface area contributed by atoms with Crippen molar-refractivity contribution in [2.45, 2.75) is 38.7 Å². The van der Waals surface area contributed by atoms with Crippen molar-refractivity contribution in [3.05, 3.63) is 0 Å². The maximum Gasteiger partial charge on any atom is 0.255 e. The van der Waals surface area contributed by atoms with E-state index in [0.29, 0.717) is 19.1 Å². The molecule has 4 bridgehead atoms. The van der Waals surface area contributed by atoms with Gasteiger partial charge in [-0.1, -0.05) is 13.8 Å². The van der Waals surface area contributed by atoms with Gasteiger partial charge in [0.1, 0.15) is 0 Å². The van der Waals surface area contributed by atoms with Crippen LogP contribution in [-0.2, 0) is 14.3 Å². The van der Waals surface area contributed by atoms with Crippen molar-refractivity contribution >= 4 is 5.91 Å². The molecule has 0 N–H and O–H groups in total. The summed E-state index contributed by atoms with van der Waals surface area (Å²) in [5.41, 5.74) is -0.267. The van der Waals surface area contributed by atoms with Gasteiger partial charge < -0.3 is 14.4 Å². The monoisotopic (exact) mass is 265 g/mol. The SMILES string of the molecule is C[C@@]12CC[C@H]3C[C@@]1(C(=O)N1CCOCC1)OC[C@@]32C. The number of morpholine rings is 1. The normalized spacial score (nSPS) is 51.9. The van der Waals surface area contributed by atoms with Crippen molar-refractivity contribution in [3.63, 3.8) is 0 Å². The minimum Gasteiger partial charge on any atom is -0.378 e. The molecule has 4 rings (SSSR count). The van der Waals surface area contributed by atoms with Gasteiger partial charge in [-0.25, -0.2) is 0 Å². The zero-order valence-electron chi connectivity index (χ0n) is 11.9. The van der Waals surface area contributed by atoms with Gasteiger partial charge in [-0.3, -0.25) is 4.79 Å². The first-order chi connectivity index (χ1) is 9.04. The molecule has 4 atom stereocenters. The van der Waals surface area contributed by atoms with Crippen LogP contribution in [0.4, 0.5) is 0 Å². The van der Waals surface area contributed by atoms with Gasteiger partial charge >= 0.3 is 0 Å². The zero-order chi connectivity index (χ0) is 13.3. The molecule has 0 aromatic rings. The molecule has 1 amide bonds. The molecule has 106 valence electrons. The highest BCUT2D eigenvalue weighted by Crippen LogP contribution is 2.75. The molecule has 0 spiro atoms. The lowest BCUT2D eigenvalue weighted by molar-refractivity contribution is -0.170. The highest BCUT2D eigenvalue weighted by Gasteiger charge is 2.78. The van der Waals surface area contributed by atoms with E-state index >= 15 is 0 Å². The number of carbonyl (C=O) groups excluding carboxylic acids is 1. The predicted octanol–water partition coefficient (Wildman–Crippen LogP) is 1.44. The minimum atomic E-state index is -0.526. The largest absolute Gasteiger partial charge is 0.378 e. The third-order valence-electron chi connectivity index (χ3n) is 6.84. The second-order valence-corrected chi connectivity index (χ2v) is 7.21. The van der Waals surface area contributed by atoms with Crippen LogP contribution in [0.5, 0.6) is 0 Å². The molecule has 0 unspecified atom stereocenters. The summed E-state index contributed by atoms with van der Waals surface area (Å²) in [7, 11) is 0. The zero-order valence-corrected chi connectivity index (χ0v) is 11.9. The van der Waals surface area contributed by atoms with Crippen LogP contribution in [-0.4, -0.2) is 49.3 Å². The van der Waals surface area contributed by atoms with Gasteiger partial charge in [-0.05, 0) is 25.2 Å². The third-order valence-corrected chi connectivity index (χ3v) is 6.84. The van der Waals surface area contributed by atoms with E-state index in [0.717, 1.165) is 32.5 Å². The summed E-state index contributed by atoms with van der Waals surface area (Å²) in [5.74, 6) is 0.917. The first-order valence-electron chi connectivity index (χ1n) is 7.55. The van der Waals surface area contributed by atoms with E-state index in [2.05, 4.69) is 13.8 Å². The smallest absolute Gasteiger partial charge is 0.255 e. The molecule has 2 saturated heterocycles. The average molecular weight is 265 g/mol. The Balaban J connectivity index is 1.69. The number of nitrogens with zero attached hydrogens (tertiary/aromatic N) is 1. The standard InChI is InChI=1S/C15H23NO3/c1-13-10-19-15(9-11(13)3-4-14(13,15)2)12(17)16-5-7-18-8-6-16/h11H,3-10H2,1-2H3/t11-,13-,14-,15-/m0/s1. The summed E-state index contributed by atoms with van der Waals surface area (Å²) in [4.78, 5) is 15.0. The number of hydrogen-bond acceptors (Lipinski definition) is 3. The van der Waals surface area contributed by atoms with Crippen molar-refractivity contribution < 1.29 is 14.3 Å². The lowest BCUT2D eigenvalue weighted by Crippen LogP contribution is -2.58. The van der Waals surface area contributed by atoms with Gasteiger partial charge in [-0.2, -0.15) is 0 Å². The summed E-state index contributed by atoms with van der Waals surface area (Å²) in [6.07, 6.45) is 3.36. The molecule has 19 heavy (non-hydrogen) atoms. The number of amides is 1. The topological polar surface area (TPSA) is 38.8 Å². The lowest BCUT2D eigenvalue weighted by atomic mass is 9.66. The fourth-order valence-corrected chi connectivity index (χ4v) is 5.26. The number of rotatable bonds is 1. The Bertz CT molecular complexity index is 433. The minimum absolute atomic E-state index is 0.0417. The molecule has 0 aromatic heterocycles. The second kappa shape index (κ2) is 3.53. The van der Waals surface area contributed by atoms with Gasteiger partial charge in [-0.15, -0.1) is 0 Å². The van der Waals surface area contributed by atoms with Gasteiger partial charge in [0.15, 0.2) is 5.60 Å². The van der Waals surface area contributed by atoms with Gasteiger partial charge in [0.25, 0.3) is 5.91 Å². The van der Waals surface area contributed by atoms with Crippen LogP contribution >= 0.6 is 0 Å². The van der Waals surface area contributed by atoms with Crippen LogP contribution in [0.3, 0.4) is 0 Å². The van der Waals surface area contributed by atoms with Crippen molar-refractivity contribution in [3.8, 4) is 0 Å². The summed E-state index contributed by atoms with van der Waals surface area (Å²) < 4.78 is 11.5. The highest BCUT2D eigenvalue weighted by atomic mass is 16.5. The quantitative estimate of drug-likeness (QED) is 0.720. The van der Waals surface area contributed by atoms with Crippen LogP contribution in [0, 0.1) is 16.7 Å². The molecule has 4 heteroatoms. The lowest BCUT2D eigenvalue weighted by Gasteiger charge is -2.43. The Kier molecular flexibility index (Phi) is 2.26. The molecule has 4 aliphatic rings. The molecule has 0 aromatic carbocycles. The van der Waals surface area contributed by atoms with E-state index in [4.69, 9.17) is 9.47 Å². The maximum absolute atomic E-state index is 13.1. The number of ether oxygens (including phenoxy) is 2. The molecule has 2 saturated carbocycles. The van der Waals surface area contributed by atoms with Crippen molar-refractivity contribution in [2.75, 3.05) is 32.9 Å². The fourth-order valence-electron chi connectivity index (χ4n) is 5.26. The van der Waals surface area contributed by atoms with E-state index in [1.54, 1.807) is 0 Å². The predicted molar refractivity (Wildman–Crippen MR) is 69.6 cm³/mol. The highest BCUT2D eigenvalue weighted by molar-refractivity contribution is 5.88. The van der Waals surface area contributed by atoms with Gasteiger partial charge in [0, 0.05) is 23.9 Å². The summed E-state index contributed by atoms with van der Waals surface area (Å²) in [5, 5.41) is 0. The summed E-state index contributed by atoms with van der Waals surface area (Å²) in [6, 6.07) is 0. The molecule has 4 fully saturated rings. The Labute approximate surface area is 114 Å². The van der Waals surface area contributed by atoms with Crippen LogP contribution in [0.1, 0.15) is 33.1 Å². The number of hydrogen-bond donors (Lipinski definition) is 0. The maximum atomic E-state index is 13.1. The molecule has 2 aliphatic carbocycles. The van der Waals surface area contributed by atoms with E-state index in [-0.39, 0.29) is 16.7 Å². The van der Waals surface area contributed by atoms with E-state index in [9.17, 15) is 4.79 Å². The molecule has 4 nitrogen and oxygen atoms in total. The van der Waals surface area contributed by atoms with Crippen LogP contribution in [0.15, 0.2) is 0 Å². The first kappa shape index (κ1) is 12.2. The van der Waals surface area contributed by atoms with Crippen LogP contribution < -0.4 is 0 Å². The van der Waals surface area contributed by atoms with Crippen molar-refractivity contribution in [1.82, 2.24) is 4.90 Å². The van der Waals surface area contributed by atoms with Crippen LogP contribution in [0.25, 0.3) is 0 Å². The van der Waals surface area contributed by atoms with Crippen molar-refractivity contribution in [2.24, 2.45) is 16.7 Å². The third kappa shape index (κ3) is 1.17. The fraction of sp³-hybridized carbons (Fsp3) is 0.933. The van der Waals surface area contributed by atoms with Crippen LogP contribution in [0.2, 0.25) is 0 Å². The summed E-state index contributed by atoms with van der Waals surface area (Å²) in [6.45, 7) is 8.18. The molecular weight excluding hydrogens is 242 g/mol. The summed E-state index contributed by atoms with van der Waals surface area (Å²) >= 11 is 0. The Hall–Kier alpha value is -0.610. The first-order valence-corrected chi connectivity index (χ1v) is 7.55. The van der Waals surface area contributed by atoms with E-state index in [1.807, 2.05) is 4.90 Å². The second-order valence-electron chi connectivity index (χ2n) is 7.21. The molecule has 2 heterocycles. The Morgan fingerprint density at radius 1 is 1.26 bits per heavy atom. The van der Waals surface area contributed by atoms with E-state index in [1.165, 1.54) is 6.42 Å². The van der Waals surface area contributed by atoms with Crippen molar-refractivity contribution in [1.29, 1.82) is 0 Å². The molecular formula is C15H23NO3. The molecule has 2 aliphatic heterocycles. The number of carbonyl (C=O) groups is 1.